The molecule has 3 aromatic rings. The lowest BCUT2D eigenvalue weighted by molar-refractivity contribution is 0.166. The van der Waals surface area contributed by atoms with E-state index in [9.17, 15) is 9.18 Å². The minimum Gasteiger partial charge on any atom is -0.376 e. The molecule has 0 saturated carbocycles. The van der Waals surface area contributed by atoms with Crippen LogP contribution in [0.1, 0.15) is 24.8 Å². The van der Waals surface area contributed by atoms with Crippen LogP contribution in [-0.2, 0) is 13.0 Å². The van der Waals surface area contributed by atoms with Gasteiger partial charge in [-0.1, -0.05) is 30.3 Å². The normalized spacial score (nSPS) is 16.2. The van der Waals surface area contributed by atoms with Crippen LogP contribution in [0.3, 0.4) is 0 Å². The van der Waals surface area contributed by atoms with Gasteiger partial charge in [-0.3, -0.25) is 4.79 Å². The second-order valence-electron chi connectivity index (χ2n) is 7.45. The van der Waals surface area contributed by atoms with Gasteiger partial charge in [0.05, 0.1) is 11.9 Å². The molecule has 0 atom stereocenters. The minimum atomic E-state index is -0.383. The van der Waals surface area contributed by atoms with Crippen molar-refractivity contribution < 1.29 is 8.91 Å². The van der Waals surface area contributed by atoms with E-state index in [0.29, 0.717) is 23.4 Å². The van der Waals surface area contributed by atoms with Crippen LogP contribution in [0.15, 0.2) is 57.8 Å². The fraction of sp³-hybridized carbons (Fsp3) is 0.409. The first-order valence-electron chi connectivity index (χ1n) is 9.75. The molecule has 142 valence electrons. The first-order chi connectivity index (χ1) is 13.2. The molecule has 1 aliphatic rings. The Morgan fingerprint density at radius 3 is 2.59 bits per heavy atom. The van der Waals surface area contributed by atoms with Crippen molar-refractivity contribution in [3.8, 4) is 0 Å². The summed E-state index contributed by atoms with van der Waals surface area (Å²) in [6.45, 7) is 3.88. The lowest BCUT2D eigenvalue weighted by Gasteiger charge is -2.31. The van der Waals surface area contributed by atoms with E-state index in [2.05, 4.69) is 35.2 Å². The molecule has 0 spiro atoms. The predicted octanol–water partition coefficient (Wildman–Crippen LogP) is 4.08. The highest BCUT2D eigenvalue weighted by Gasteiger charge is 2.20. The largest absolute Gasteiger partial charge is 0.376 e. The smallest absolute Gasteiger partial charge is 0.290 e. The molecule has 5 heteroatoms. The van der Waals surface area contributed by atoms with Crippen LogP contribution in [0.25, 0.3) is 11.0 Å². The Hall–Kier alpha value is -2.40. The van der Waals surface area contributed by atoms with Crippen molar-refractivity contribution in [1.29, 1.82) is 0 Å². The molecule has 0 radical (unpaired) electrons. The number of benzene rings is 2. The Bertz CT molecular complexity index is 940. The van der Waals surface area contributed by atoms with Crippen molar-refractivity contribution in [2.75, 3.05) is 19.6 Å². The zero-order chi connectivity index (χ0) is 18.6. The van der Waals surface area contributed by atoms with Crippen molar-refractivity contribution in [2.24, 2.45) is 5.92 Å². The van der Waals surface area contributed by atoms with Gasteiger partial charge in [-0.2, -0.15) is 4.74 Å². The SMILES string of the molecule is O=c1c2ccc(F)cc2on1CCC1CCN(CCc2ccccc2)CC1. The van der Waals surface area contributed by atoms with Gasteiger partial charge in [0.25, 0.3) is 5.56 Å². The summed E-state index contributed by atoms with van der Waals surface area (Å²) in [6, 6.07) is 14.7. The number of halogens is 1. The third-order valence-corrected chi connectivity index (χ3v) is 5.62. The number of nitrogens with zero attached hydrogens (tertiary/aromatic N) is 2. The van der Waals surface area contributed by atoms with Crippen LogP contribution in [0.4, 0.5) is 4.39 Å². The van der Waals surface area contributed by atoms with Gasteiger partial charge in [0.15, 0.2) is 5.58 Å². The molecule has 2 aromatic carbocycles. The summed E-state index contributed by atoms with van der Waals surface area (Å²) in [7, 11) is 0. The zero-order valence-electron chi connectivity index (χ0n) is 15.4. The molecule has 1 fully saturated rings. The van der Waals surface area contributed by atoms with Crippen LogP contribution in [0.2, 0.25) is 0 Å². The van der Waals surface area contributed by atoms with Crippen molar-refractivity contribution in [2.45, 2.75) is 32.2 Å². The summed E-state index contributed by atoms with van der Waals surface area (Å²) in [5.74, 6) is 0.223. The van der Waals surface area contributed by atoms with Gasteiger partial charge < -0.3 is 9.42 Å². The molecule has 0 bridgehead atoms. The standard InChI is InChI=1S/C22H25FN2O2/c23-19-6-7-20-21(16-19)27-25(22(20)26)15-11-18-9-13-24(14-10-18)12-8-17-4-2-1-3-5-17/h1-7,16,18H,8-15H2. The Kier molecular flexibility index (Phi) is 5.39. The second kappa shape index (κ2) is 8.09. The lowest BCUT2D eigenvalue weighted by atomic mass is 9.93. The molecular formula is C22H25FN2O2. The zero-order valence-corrected chi connectivity index (χ0v) is 15.4. The van der Waals surface area contributed by atoms with Crippen molar-refractivity contribution in [3.63, 3.8) is 0 Å². The van der Waals surface area contributed by atoms with Crippen LogP contribution in [-0.4, -0.2) is 29.3 Å². The van der Waals surface area contributed by atoms with E-state index in [1.165, 1.54) is 28.5 Å². The first-order valence-corrected chi connectivity index (χ1v) is 9.75. The minimum absolute atomic E-state index is 0.162. The van der Waals surface area contributed by atoms with Gasteiger partial charge in [0, 0.05) is 12.6 Å². The number of hydrogen-bond acceptors (Lipinski definition) is 3. The highest BCUT2D eigenvalue weighted by molar-refractivity contribution is 5.75. The van der Waals surface area contributed by atoms with E-state index < -0.39 is 0 Å². The number of aryl methyl sites for hydroxylation is 1. The molecule has 1 aliphatic heterocycles. The van der Waals surface area contributed by atoms with Gasteiger partial charge in [-0.15, -0.1) is 0 Å². The topological polar surface area (TPSA) is 38.4 Å². The Morgan fingerprint density at radius 1 is 1.04 bits per heavy atom. The summed E-state index contributed by atoms with van der Waals surface area (Å²) in [4.78, 5) is 14.9. The summed E-state index contributed by atoms with van der Waals surface area (Å²) >= 11 is 0. The molecule has 27 heavy (non-hydrogen) atoms. The molecule has 0 unspecified atom stereocenters. The molecule has 2 heterocycles. The monoisotopic (exact) mass is 368 g/mol. The quantitative estimate of drug-likeness (QED) is 0.658. The van der Waals surface area contributed by atoms with Crippen LogP contribution in [0, 0.1) is 11.7 Å². The van der Waals surface area contributed by atoms with Gasteiger partial charge in [-0.25, -0.2) is 4.39 Å². The lowest BCUT2D eigenvalue weighted by Crippen LogP contribution is -2.35. The Morgan fingerprint density at radius 2 is 1.81 bits per heavy atom. The number of aromatic nitrogens is 1. The van der Waals surface area contributed by atoms with Crippen molar-refractivity contribution in [3.05, 3.63) is 70.3 Å². The van der Waals surface area contributed by atoms with Crippen LogP contribution >= 0.6 is 0 Å². The number of rotatable bonds is 6. The van der Waals surface area contributed by atoms with Gasteiger partial charge in [0.2, 0.25) is 0 Å². The summed E-state index contributed by atoms with van der Waals surface area (Å²) in [5.41, 5.74) is 1.56. The van der Waals surface area contributed by atoms with Crippen molar-refractivity contribution in [1.82, 2.24) is 9.64 Å². The van der Waals surface area contributed by atoms with Gasteiger partial charge in [-0.05, 0) is 62.4 Å². The molecule has 4 rings (SSSR count). The van der Waals surface area contributed by atoms with Crippen LogP contribution < -0.4 is 5.56 Å². The highest BCUT2D eigenvalue weighted by Crippen LogP contribution is 2.22. The molecular weight excluding hydrogens is 343 g/mol. The van der Waals surface area contributed by atoms with Crippen molar-refractivity contribution >= 4 is 11.0 Å². The fourth-order valence-electron chi connectivity index (χ4n) is 3.92. The number of likely N-dealkylation sites (tertiary alicyclic amines) is 1. The van der Waals surface area contributed by atoms with E-state index in [1.54, 1.807) is 0 Å². The van der Waals surface area contributed by atoms with Gasteiger partial charge in [0.1, 0.15) is 5.82 Å². The molecule has 0 amide bonds. The Labute approximate surface area is 158 Å². The maximum Gasteiger partial charge on any atom is 0.290 e. The number of fused-ring (bicyclic) bond motifs is 1. The predicted molar refractivity (Wildman–Crippen MR) is 104 cm³/mol. The van der Waals surface area contributed by atoms with E-state index in [0.717, 1.165) is 45.3 Å². The third-order valence-electron chi connectivity index (χ3n) is 5.62. The highest BCUT2D eigenvalue weighted by atomic mass is 19.1. The Balaban J connectivity index is 1.26. The molecule has 4 nitrogen and oxygen atoms in total. The molecule has 1 saturated heterocycles. The van der Waals surface area contributed by atoms with E-state index in [1.807, 2.05) is 0 Å². The van der Waals surface area contributed by atoms with Crippen LogP contribution in [0.5, 0.6) is 0 Å². The van der Waals surface area contributed by atoms with Gasteiger partial charge >= 0.3 is 0 Å². The average molecular weight is 368 g/mol. The third kappa shape index (κ3) is 4.30. The molecule has 1 aromatic heterocycles. The van der Waals surface area contributed by atoms with E-state index >= 15 is 0 Å². The molecule has 0 N–H and O–H groups in total. The summed E-state index contributed by atoms with van der Waals surface area (Å²) in [5, 5.41) is 0.451. The average Bonchev–Trinajstić information content (AvgIpc) is 3.01. The first kappa shape index (κ1) is 18.0. The second-order valence-corrected chi connectivity index (χ2v) is 7.45. The maximum atomic E-state index is 13.3. The molecule has 0 aliphatic carbocycles. The van der Waals surface area contributed by atoms with E-state index in [4.69, 9.17) is 4.52 Å². The number of hydrogen-bond donors (Lipinski definition) is 0. The maximum absolute atomic E-state index is 13.3. The summed E-state index contributed by atoms with van der Waals surface area (Å²) in [6.07, 6.45) is 4.32. The fourth-order valence-corrected chi connectivity index (χ4v) is 3.92. The summed E-state index contributed by atoms with van der Waals surface area (Å²) < 4.78 is 20.2. The van der Waals surface area contributed by atoms with E-state index in [-0.39, 0.29) is 11.4 Å². The number of piperidine rings is 1.